The number of aliphatic hydroxyl groups is 1. The first-order valence-electron chi connectivity index (χ1n) is 6.26. The minimum absolute atomic E-state index is 0.230. The Morgan fingerprint density at radius 2 is 1.95 bits per heavy atom. The Morgan fingerprint density at radius 3 is 2.45 bits per heavy atom. The molecular weight excluding hydrogens is 293 g/mol. The van der Waals surface area contributed by atoms with Gasteiger partial charge in [-0.15, -0.1) is 11.3 Å². The summed E-state index contributed by atoms with van der Waals surface area (Å²) in [6.45, 7) is 6.05. The van der Waals surface area contributed by atoms with Gasteiger partial charge in [-0.05, 0) is 13.8 Å². The predicted molar refractivity (Wildman–Crippen MR) is 68.5 cm³/mol. The Morgan fingerprint density at radius 1 is 1.35 bits per heavy atom. The van der Waals surface area contributed by atoms with Crippen molar-refractivity contribution in [1.82, 2.24) is 9.88 Å². The van der Waals surface area contributed by atoms with Crippen LogP contribution in [0.15, 0.2) is 6.20 Å². The van der Waals surface area contributed by atoms with Gasteiger partial charge >= 0.3 is 6.18 Å². The Hall–Kier alpha value is -0.700. The molecule has 20 heavy (non-hydrogen) atoms. The van der Waals surface area contributed by atoms with Gasteiger partial charge in [0, 0.05) is 24.8 Å². The summed E-state index contributed by atoms with van der Waals surface area (Å²) in [4.78, 5) is 5.61. The summed E-state index contributed by atoms with van der Waals surface area (Å²) in [6, 6.07) is 0. The molecule has 8 heteroatoms. The normalized spacial score (nSPS) is 20.1. The molecule has 2 heterocycles. The fourth-order valence-electron chi connectivity index (χ4n) is 2.20. The van der Waals surface area contributed by atoms with E-state index < -0.39 is 22.8 Å². The fourth-order valence-corrected chi connectivity index (χ4v) is 3.15. The number of thiazole rings is 1. The van der Waals surface area contributed by atoms with Crippen molar-refractivity contribution in [2.45, 2.75) is 31.7 Å². The van der Waals surface area contributed by atoms with Crippen LogP contribution in [0.1, 0.15) is 29.8 Å². The van der Waals surface area contributed by atoms with Crippen LogP contribution in [0.5, 0.6) is 0 Å². The summed E-state index contributed by atoms with van der Waals surface area (Å²) in [5, 5.41) is 9.47. The molecule has 1 unspecified atom stereocenters. The summed E-state index contributed by atoms with van der Waals surface area (Å²) >= 11 is 0.495. The quantitative estimate of drug-likeness (QED) is 0.930. The monoisotopic (exact) mass is 310 g/mol. The number of aliphatic hydroxyl groups excluding tert-OH is 1. The van der Waals surface area contributed by atoms with Gasteiger partial charge in [0.05, 0.1) is 18.1 Å². The standard InChI is InChI=1S/C12H17F3N2O2S/c1-11(2,17-3-5-19-6-4-17)9(18)8-7-16-10(20-8)12(13,14)15/h7,9,18H,3-6H2,1-2H3. The van der Waals surface area contributed by atoms with E-state index >= 15 is 0 Å². The molecule has 2 rings (SSSR count). The Balaban J connectivity index is 2.16. The maximum absolute atomic E-state index is 12.6. The van der Waals surface area contributed by atoms with E-state index in [-0.39, 0.29) is 4.88 Å². The maximum Gasteiger partial charge on any atom is 0.443 e. The van der Waals surface area contributed by atoms with E-state index in [0.29, 0.717) is 37.6 Å². The second-order valence-electron chi connectivity index (χ2n) is 5.22. The van der Waals surface area contributed by atoms with E-state index in [0.717, 1.165) is 6.20 Å². The molecule has 114 valence electrons. The molecule has 1 fully saturated rings. The zero-order valence-electron chi connectivity index (χ0n) is 11.3. The van der Waals surface area contributed by atoms with E-state index in [1.807, 2.05) is 18.7 Å². The van der Waals surface area contributed by atoms with Gasteiger partial charge < -0.3 is 9.84 Å². The molecule has 1 aromatic rings. The Bertz CT molecular complexity index is 456. The Kier molecular flexibility index (Phi) is 4.38. The summed E-state index contributed by atoms with van der Waals surface area (Å²) in [5.41, 5.74) is -0.667. The van der Waals surface area contributed by atoms with Crippen LogP contribution in [0, 0.1) is 0 Å². The number of hydrogen-bond donors (Lipinski definition) is 1. The van der Waals surface area contributed by atoms with Crippen molar-refractivity contribution >= 4 is 11.3 Å². The number of hydrogen-bond acceptors (Lipinski definition) is 5. The van der Waals surface area contributed by atoms with Gasteiger partial charge in [0.25, 0.3) is 0 Å². The van der Waals surface area contributed by atoms with Crippen LogP contribution < -0.4 is 0 Å². The molecule has 0 spiro atoms. The molecule has 1 aromatic heterocycles. The largest absolute Gasteiger partial charge is 0.443 e. The highest BCUT2D eigenvalue weighted by molar-refractivity contribution is 7.11. The second-order valence-corrected chi connectivity index (χ2v) is 6.28. The van der Waals surface area contributed by atoms with Crippen molar-refractivity contribution in [2.75, 3.05) is 26.3 Å². The smallest absolute Gasteiger partial charge is 0.386 e. The maximum atomic E-state index is 12.6. The lowest BCUT2D eigenvalue weighted by Crippen LogP contribution is -2.53. The van der Waals surface area contributed by atoms with Crippen molar-refractivity contribution in [3.05, 3.63) is 16.1 Å². The molecule has 1 aliphatic heterocycles. The number of morpholine rings is 1. The van der Waals surface area contributed by atoms with Crippen LogP contribution in [0.25, 0.3) is 0 Å². The van der Waals surface area contributed by atoms with Gasteiger partial charge in [-0.1, -0.05) is 0 Å². The fraction of sp³-hybridized carbons (Fsp3) is 0.750. The van der Waals surface area contributed by atoms with Crippen LogP contribution in [-0.4, -0.2) is 46.8 Å². The molecule has 0 saturated carbocycles. The molecule has 4 nitrogen and oxygen atoms in total. The van der Waals surface area contributed by atoms with E-state index in [1.165, 1.54) is 0 Å². The summed E-state index contributed by atoms with van der Waals surface area (Å²) in [5.74, 6) is 0. The minimum atomic E-state index is -4.47. The minimum Gasteiger partial charge on any atom is -0.386 e. The number of nitrogens with zero attached hydrogens (tertiary/aromatic N) is 2. The summed E-state index contributed by atoms with van der Waals surface area (Å²) < 4.78 is 42.9. The lowest BCUT2D eigenvalue weighted by Gasteiger charge is -2.43. The molecule has 0 bridgehead atoms. The summed E-state index contributed by atoms with van der Waals surface area (Å²) in [6.07, 6.45) is -4.37. The van der Waals surface area contributed by atoms with Crippen molar-refractivity contribution in [1.29, 1.82) is 0 Å². The molecule has 1 atom stereocenters. The van der Waals surface area contributed by atoms with Crippen molar-refractivity contribution < 1.29 is 23.0 Å². The van der Waals surface area contributed by atoms with E-state index in [9.17, 15) is 18.3 Å². The molecule has 0 aromatic carbocycles. The van der Waals surface area contributed by atoms with Crippen LogP contribution in [0.4, 0.5) is 13.2 Å². The van der Waals surface area contributed by atoms with Crippen LogP contribution in [-0.2, 0) is 10.9 Å². The molecule has 0 aliphatic carbocycles. The number of aromatic nitrogens is 1. The highest BCUT2D eigenvalue weighted by Gasteiger charge is 2.40. The zero-order chi connectivity index (χ0) is 15.0. The molecule has 0 amide bonds. The Labute approximate surface area is 119 Å². The third kappa shape index (κ3) is 3.13. The number of halogens is 3. The third-order valence-corrected chi connectivity index (χ3v) is 4.63. The van der Waals surface area contributed by atoms with Crippen LogP contribution in [0.2, 0.25) is 0 Å². The van der Waals surface area contributed by atoms with Gasteiger partial charge in [0.1, 0.15) is 6.10 Å². The lowest BCUT2D eigenvalue weighted by atomic mass is 9.93. The van der Waals surface area contributed by atoms with Crippen LogP contribution >= 0.6 is 11.3 Å². The van der Waals surface area contributed by atoms with Gasteiger partial charge in [0.2, 0.25) is 0 Å². The lowest BCUT2D eigenvalue weighted by molar-refractivity contribution is -0.137. The van der Waals surface area contributed by atoms with E-state index in [1.54, 1.807) is 0 Å². The average molecular weight is 310 g/mol. The third-order valence-electron chi connectivity index (χ3n) is 3.53. The van der Waals surface area contributed by atoms with Crippen molar-refractivity contribution in [3.8, 4) is 0 Å². The topological polar surface area (TPSA) is 45.6 Å². The second kappa shape index (κ2) is 5.59. The average Bonchev–Trinajstić information content (AvgIpc) is 2.88. The molecule has 1 aliphatic rings. The van der Waals surface area contributed by atoms with Gasteiger partial charge in [-0.3, -0.25) is 4.90 Å². The van der Waals surface area contributed by atoms with Gasteiger partial charge in [0.15, 0.2) is 5.01 Å². The number of rotatable bonds is 3. The predicted octanol–water partition coefficient (Wildman–Crippen LogP) is 2.31. The first kappa shape index (κ1) is 15.7. The summed E-state index contributed by atoms with van der Waals surface area (Å²) in [7, 11) is 0. The highest BCUT2D eigenvalue weighted by Crippen LogP contribution is 2.38. The molecular formula is C12H17F3N2O2S. The molecule has 1 N–H and O–H groups in total. The number of alkyl halides is 3. The molecule has 1 saturated heterocycles. The van der Waals surface area contributed by atoms with E-state index in [2.05, 4.69) is 4.98 Å². The van der Waals surface area contributed by atoms with Crippen LogP contribution in [0.3, 0.4) is 0 Å². The zero-order valence-corrected chi connectivity index (χ0v) is 12.1. The number of ether oxygens (including phenoxy) is 1. The SMILES string of the molecule is CC(C)(C(O)c1cnc(C(F)(F)F)s1)N1CCOCC1. The molecule has 0 radical (unpaired) electrons. The van der Waals surface area contributed by atoms with Crippen molar-refractivity contribution in [2.24, 2.45) is 0 Å². The first-order chi connectivity index (χ1) is 9.23. The van der Waals surface area contributed by atoms with Crippen molar-refractivity contribution in [3.63, 3.8) is 0 Å². The van der Waals surface area contributed by atoms with Gasteiger partial charge in [-0.25, -0.2) is 4.98 Å². The first-order valence-corrected chi connectivity index (χ1v) is 7.08. The van der Waals surface area contributed by atoms with Gasteiger partial charge in [-0.2, -0.15) is 13.2 Å². The highest BCUT2D eigenvalue weighted by atomic mass is 32.1. The van der Waals surface area contributed by atoms with E-state index in [4.69, 9.17) is 4.74 Å².